The number of imidazole rings is 1. The summed E-state index contributed by atoms with van der Waals surface area (Å²) < 4.78 is 21.5. The molecular weight excluding hydrogens is 377 g/mol. The van der Waals surface area contributed by atoms with E-state index < -0.39 is 31.1 Å². The van der Waals surface area contributed by atoms with Crippen molar-refractivity contribution in [3.8, 4) is 0 Å². The van der Waals surface area contributed by atoms with Gasteiger partial charge in [0, 0.05) is 13.1 Å². The molecule has 2 saturated heterocycles. The minimum Gasteiger partial charge on any atom is -0.394 e. The fourth-order valence-corrected chi connectivity index (χ4v) is 4.94. The number of aliphatic hydroxyl groups is 2. The molecule has 146 valence electrons. The summed E-state index contributed by atoms with van der Waals surface area (Å²) in [6.07, 6.45) is 0.0674. The minimum absolute atomic E-state index is 0.0430. The Morgan fingerprint density at radius 1 is 1.30 bits per heavy atom. The molecule has 1 aliphatic carbocycles. The Labute approximate surface area is 159 Å². The molecule has 0 spiro atoms. The number of anilines is 1. The van der Waals surface area contributed by atoms with Crippen molar-refractivity contribution in [2.24, 2.45) is 11.8 Å². The van der Waals surface area contributed by atoms with Crippen LogP contribution >= 0.6 is 11.6 Å². The molecule has 2 unspecified atom stereocenters. The molecule has 0 radical (unpaired) electrons. The highest BCUT2D eigenvalue weighted by atomic mass is 35.5. The molecule has 2 aliphatic heterocycles. The Morgan fingerprint density at radius 3 is 2.70 bits per heavy atom. The molecule has 8 nitrogen and oxygen atoms in total. The molecule has 5 rings (SSSR count). The van der Waals surface area contributed by atoms with Crippen LogP contribution in [0.5, 0.6) is 0 Å². The van der Waals surface area contributed by atoms with Crippen LogP contribution in [0.15, 0.2) is 6.20 Å². The van der Waals surface area contributed by atoms with E-state index in [0.29, 0.717) is 29.0 Å². The van der Waals surface area contributed by atoms with Crippen LogP contribution in [0.3, 0.4) is 0 Å². The zero-order chi connectivity index (χ0) is 18.7. The monoisotopic (exact) mass is 397 g/mol. The number of alkyl halides is 1. The third kappa shape index (κ3) is 2.71. The smallest absolute Gasteiger partial charge is 0.243 e. The highest BCUT2D eigenvalue weighted by Crippen LogP contribution is 2.41. The molecule has 2 aromatic heterocycles. The van der Waals surface area contributed by atoms with Crippen LogP contribution in [-0.2, 0) is 4.74 Å². The number of rotatable bonds is 3. The third-order valence-corrected chi connectivity index (χ3v) is 6.32. The number of aliphatic hydroxyl groups excluding tert-OH is 2. The quantitative estimate of drug-likeness (QED) is 0.801. The summed E-state index contributed by atoms with van der Waals surface area (Å²) in [4.78, 5) is 11.0. The van der Waals surface area contributed by atoms with Gasteiger partial charge in [-0.05, 0) is 36.3 Å². The van der Waals surface area contributed by atoms with Gasteiger partial charge in [0.25, 0.3) is 0 Å². The minimum atomic E-state index is -1.69. The zero-order valence-electron chi connectivity index (χ0n) is 14.6. The highest BCUT2D eigenvalue weighted by Gasteiger charge is 2.46. The van der Waals surface area contributed by atoms with Gasteiger partial charge in [0.2, 0.25) is 5.28 Å². The fourth-order valence-electron chi connectivity index (χ4n) is 4.78. The average Bonchev–Trinajstić information content (AvgIpc) is 3.39. The molecule has 3 aliphatic rings. The molecule has 10 heteroatoms. The van der Waals surface area contributed by atoms with Crippen LogP contribution in [0.2, 0.25) is 5.28 Å². The van der Waals surface area contributed by atoms with Crippen molar-refractivity contribution in [1.82, 2.24) is 19.6 Å². The maximum atomic E-state index is 14.6. The summed E-state index contributed by atoms with van der Waals surface area (Å²) >= 11 is 6.16. The van der Waals surface area contributed by atoms with Crippen LogP contribution < -0.4 is 4.90 Å². The number of nitrogens with zero attached hydrogens (tertiary/aromatic N) is 5. The Bertz CT molecular complexity index is 854. The van der Waals surface area contributed by atoms with Gasteiger partial charge in [-0.2, -0.15) is 4.98 Å². The van der Waals surface area contributed by atoms with E-state index in [9.17, 15) is 14.6 Å². The summed E-state index contributed by atoms with van der Waals surface area (Å²) in [5.74, 6) is 1.98. The first-order chi connectivity index (χ1) is 13.1. The standard InChI is InChI=1S/C17H21ClFN5O3/c18-17-21-16(23-5-8-2-1-3-9(8)6-23)15-20-4-10(24(15)22-17)14-12(19)13(26)11(7-25)27-14/h4,8-9,11-14,25-26H,1-3,5-7H2/t8?,9?,11-,12+,13-,14+/m1/s1. The van der Waals surface area contributed by atoms with Crippen LogP contribution in [0.25, 0.3) is 5.65 Å². The Morgan fingerprint density at radius 2 is 2.04 bits per heavy atom. The maximum absolute atomic E-state index is 14.6. The van der Waals surface area contributed by atoms with Gasteiger partial charge in [-0.3, -0.25) is 0 Å². The molecule has 0 amide bonds. The number of hydrogen-bond donors (Lipinski definition) is 2. The van der Waals surface area contributed by atoms with Crippen molar-refractivity contribution >= 4 is 23.1 Å². The molecule has 27 heavy (non-hydrogen) atoms. The second-order valence-corrected chi connectivity index (χ2v) is 8.03. The number of hydrogen-bond acceptors (Lipinski definition) is 7. The van der Waals surface area contributed by atoms with Gasteiger partial charge >= 0.3 is 0 Å². The van der Waals surface area contributed by atoms with Crippen LogP contribution in [0, 0.1) is 11.8 Å². The second-order valence-electron chi connectivity index (χ2n) is 7.69. The van der Waals surface area contributed by atoms with Crippen molar-refractivity contribution in [3.05, 3.63) is 17.2 Å². The van der Waals surface area contributed by atoms with E-state index in [0.717, 1.165) is 13.1 Å². The van der Waals surface area contributed by atoms with Crippen molar-refractivity contribution in [2.75, 3.05) is 24.6 Å². The van der Waals surface area contributed by atoms with E-state index >= 15 is 0 Å². The first-order valence-corrected chi connectivity index (χ1v) is 9.69. The van der Waals surface area contributed by atoms with E-state index in [1.165, 1.54) is 30.0 Å². The highest BCUT2D eigenvalue weighted by molar-refractivity contribution is 6.28. The molecule has 2 N–H and O–H groups in total. The maximum Gasteiger partial charge on any atom is 0.243 e. The Balaban J connectivity index is 1.53. The van der Waals surface area contributed by atoms with Gasteiger partial charge in [0.05, 0.1) is 18.5 Å². The average molecular weight is 398 g/mol. The van der Waals surface area contributed by atoms with E-state index in [1.54, 1.807) is 0 Å². The predicted octanol–water partition coefficient (Wildman–Crippen LogP) is 1.15. The summed E-state index contributed by atoms with van der Waals surface area (Å²) in [6.45, 7) is 1.35. The summed E-state index contributed by atoms with van der Waals surface area (Å²) in [7, 11) is 0. The van der Waals surface area contributed by atoms with Crippen molar-refractivity contribution in [3.63, 3.8) is 0 Å². The molecular formula is C17H21ClFN5O3. The van der Waals surface area contributed by atoms with E-state index in [1.807, 2.05) is 0 Å². The van der Waals surface area contributed by atoms with Crippen molar-refractivity contribution < 1.29 is 19.3 Å². The molecule has 0 aromatic carbocycles. The SMILES string of the molecule is OC[C@H]1O[C@@H](c2cnc3c(N4CC5CCCC5C4)nc(Cl)nn23)[C@@H](F)[C@@H]1O. The molecule has 6 atom stereocenters. The summed E-state index contributed by atoms with van der Waals surface area (Å²) in [5, 5.41) is 23.4. The molecule has 4 heterocycles. The molecule has 1 saturated carbocycles. The lowest BCUT2D eigenvalue weighted by Gasteiger charge is -2.19. The Hall–Kier alpha value is -1.55. The number of fused-ring (bicyclic) bond motifs is 2. The first kappa shape index (κ1) is 17.5. The van der Waals surface area contributed by atoms with Crippen LogP contribution in [0.1, 0.15) is 31.1 Å². The summed E-state index contributed by atoms with van der Waals surface area (Å²) in [5.41, 5.74) is 0.838. The van der Waals surface area contributed by atoms with Gasteiger partial charge in [0.15, 0.2) is 17.6 Å². The van der Waals surface area contributed by atoms with Gasteiger partial charge < -0.3 is 19.8 Å². The van der Waals surface area contributed by atoms with Crippen LogP contribution in [-0.4, -0.2) is 67.9 Å². The molecule has 3 fully saturated rings. The third-order valence-electron chi connectivity index (χ3n) is 6.16. The van der Waals surface area contributed by atoms with E-state index in [4.69, 9.17) is 16.3 Å². The van der Waals surface area contributed by atoms with Crippen molar-refractivity contribution in [1.29, 1.82) is 0 Å². The summed E-state index contributed by atoms with van der Waals surface area (Å²) in [6, 6.07) is 0. The normalized spacial score (nSPS) is 36.1. The second kappa shape index (κ2) is 6.51. The molecule has 0 bridgehead atoms. The zero-order valence-corrected chi connectivity index (χ0v) is 15.3. The van der Waals surface area contributed by atoms with Gasteiger partial charge in [-0.1, -0.05) is 6.42 Å². The fraction of sp³-hybridized carbons (Fsp3) is 0.706. The first-order valence-electron chi connectivity index (χ1n) is 9.31. The molecule has 2 aromatic rings. The van der Waals surface area contributed by atoms with Gasteiger partial charge in [0.1, 0.15) is 18.3 Å². The topological polar surface area (TPSA) is 96.0 Å². The van der Waals surface area contributed by atoms with E-state index in [2.05, 4.69) is 20.0 Å². The predicted molar refractivity (Wildman–Crippen MR) is 94.4 cm³/mol. The van der Waals surface area contributed by atoms with E-state index in [-0.39, 0.29) is 5.28 Å². The Kier molecular flexibility index (Phi) is 4.23. The lowest BCUT2D eigenvalue weighted by Crippen LogP contribution is -2.30. The van der Waals surface area contributed by atoms with Gasteiger partial charge in [-0.15, -0.1) is 5.10 Å². The lowest BCUT2D eigenvalue weighted by atomic mass is 10.0. The number of aromatic nitrogens is 4. The number of ether oxygens (including phenoxy) is 1. The van der Waals surface area contributed by atoms with Gasteiger partial charge in [-0.25, -0.2) is 13.9 Å². The number of halogens is 2. The lowest BCUT2D eigenvalue weighted by molar-refractivity contribution is -0.0241. The van der Waals surface area contributed by atoms with Crippen molar-refractivity contribution in [2.45, 2.75) is 43.7 Å². The largest absolute Gasteiger partial charge is 0.394 e. The van der Waals surface area contributed by atoms with Crippen LogP contribution in [0.4, 0.5) is 10.2 Å².